The summed E-state index contributed by atoms with van der Waals surface area (Å²) in [5, 5.41) is 15.6. The fraction of sp³-hybridized carbons (Fsp3) is 0.316. The van der Waals surface area contributed by atoms with Gasteiger partial charge in [0, 0.05) is 23.7 Å². The van der Waals surface area contributed by atoms with Crippen molar-refractivity contribution in [1.29, 1.82) is 0 Å². The number of fused-ring (bicyclic) bond motifs is 1. The second-order valence-corrected chi connectivity index (χ2v) is 7.38. The van der Waals surface area contributed by atoms with E-state index in [9.17, 15) is 9.59 Å². The Kier molecular flexibility index (Phi) is 4.16. The van der Waals surface area contributed by atoms with Gasteiger partial charge in [-0.1, -0.05) is 0 Å². The van der Waals surface area contributed by atoms with Gasteiger partial charge in [-0.25, -0.2) is 4.79 Å². The van der Waals surface area contributed by atoms with Crippen molar-refractivity contribution in [2.24, 2.45) is 0 Å². The monoisotopic (exact) mass is 408 g/mol. The van der Waals surface area contributed by atoms with E-state index < -0.39 is 11.9 Å². The van der Waals surface area contributed by atoms with Crippen LogP contribution in [0.1, 0.15) is 35.5 Å². The molecule has 4 N–H and O–H groups in total. The molecule has 3 aromatic rings. The minimum absolute atomic E-state index is 0.143. The number of imide groups is 1. The number of carbonyl (C=O) groups is 2. The highest BCUT2D eigenvalue weighted by Crippen LogP contribution is 2.26. The Hall–Kier alpha value is -3.89. The molecule has 30 heavy (non-hydrogen) atoms. The third kappa shape index (κ3) is 3.45. The summed E-state index contributed by atoms with van der Waals surface area (Å²) < 4.78 is 7.17. The van der Waals surface area contributed by atoms with E-state index in [4.69, 9.17) is 4.42 Å². The van der Waals surface area contributed by atoms with Crippen molar-refractivity contribution < 1.29 is 14.0 Å². The van der Waals surface area contributed by atoms with Crippen LogP contribution in [0, 0.1) is 13.8 Å². The molecule has 2 fully saturated rings. The number of nitrogens with one attached hydrogen (secondary N) is 4. The first kappa shape index (κ1) is 18.2. The molecular weight excluding hydrogens is 388 g/mol. The van der Waals surface area contributed by atoms with E-state index in [2.05, 4.69) is 36.3 Å². The van der Waals surface area contributed by atoms with Crippen molar-refractivity contribution in [1.82, 2.24) is 30.2 Å². The van der Waals surface area contributed by atoms with Crippen LogP contribution in [0.4, 0.5) is 16.7 Å². The summed E-state index contributed by atoms with van der Waals surface area (Å²) in [6.45, 7) is 4.32. The summed E-state index contributed by atoms with van der Waals surface area (Å²) in [7, 11) is 0. The molecule has 1 aliphatic heterocycles. The molecule has 0 radical (unpaired) electrons. The lowest BCUT2D eigenvalue weighted by Gasteiger charge is -2.10. The standard InChI is InChI=1S/C19H20N8O3/c1-9-5-11(10(2)30-9)7-20-17-24-15-12(6-14-16(28)25-19(29)23-14)8-21-27(15)18(26-17)22-13-3-4-13/h5-6,8,13H,3-4,7H2,1-2H3,(H2,20,22,24,26)(H2,23,25,28,29)/b14-6-. The maximum atomic E-state index is 11.9. The highest BCUT2D eigenvalue weighted by atomic mass is 16.3. The van der Waals surface area contributed by atoms with Gasteiger partial charge in [0.1, 0.15) is 17.2 Å². The minimum Gasteiger partial charge on any atom is -0.466 e. The van der Waals surface area contributed by atoms with Crippen LogP contribution in [0.15, 0.2) is 22.4 Å². The molecule has 154 valence electrons. The molecule has 5 rings (SSSR count). The van der Waals surface area contributed by atoms with Crippen LogP contribution >= 0.6 is 0 Å². The van der Waals surface area contributed by atoms with Crippen molar-refractivity contribution in [2.75, 3.05) is 10.6 Å². The van der Waals surface area contributed by atoms with Gasteiger partial charge >= 0.3 is 6.03 Å². The van der Waals surface area contributed by atoms with Crippen LogP contribution in [-0.4, -0.2) is 37.6 Å². The van der Waals surface area contributed by atoms with E-state index >= 15 is 0 Å². The van der Waals surface area contributed by atoms with E-state index in [-0.39, 0.29) is 5.70 Å². The molecule has 0 aromatic carbocycles. The molecule has 1 saturated carbocycles. The van der Waals surface area contributed by atoms with E-state index in [1.54, 1.807) is 16.8 Å². The Morgan fingerprint density at radius 3 is 2.77 bits per heavy atom. The molecule has 11 heteroatoms. The van der Waals surface area contributed by atoms with Gasteiger partial charge in [0.05, 0.1) is 6.20 Å². The number of hydrogen-bond donors (Lipinski definition) is 4. The number of carbonyl (C=O) groups excluding carboxylic acids is 2. The van der Waals surface area contributed by atoms with Gasteiger partial charge < -0.3 is 20.4 Å². The lowest BCUT2D eigenvalue weighted by atomic mass is 10.2. The number of nitrogens with zero attached hydrogens (tertiary/aromatic N) is 4. The van der Waals surface area contributed by atoms with Crippen LogP contribution in [0.2, 0.25) is 0 Å². The molecule has 0 unspecified atom stereocenters. The number of amides is 3. The topological polar surface area (TPSA) is 138 Å². The first-order chi connectivity index (χ1) is 14.5. The van der Waals surface area contributed by atoms with Crippen molar-refractivity contribution >= 4 is 35.6 Å². The molecule has 3 aromatic heterocycles. The number of anilines is 2. The Morgan fingerprint density at radius 2 is 2.10 bits per heavy atom. The van der Waals surface area contributed by atoms with Crippen LogP contribution in [0.25, 0.3) is 11.7 Å². The van der Waals surface area contributed by atoms with Gasteiger partial charge in [0.15, 0.2) is 5.65 Å². The zero-order chi connectivity index (χ0) is 20.8. The molecule has 2 aliphatic rings. The lowest BCUT2D eigenvalue weighted by Crippen LogP contribution is -2.22. The zero-order valence-electron chi connectivity index (χ0n) is 16.4. The van der Waals surface area contributed by atoms with Gasteiger partial charge in [0.25, 0.3) is 5.91 Å². The summed E-state index contributed by atoms with van der Waals surface area (Å²) in [4.78, 5) is 32.4. The van der Waals surface area contributed by atoms with Gasteiger partial charge in [-0.2, -0.15) is 19.6 Å². The number of rotatable bonds is 6. The van der Waals surface area contributed by atoms with Crippen molar-refractivity contribution in [3.8, 4) is 0 Å². The quantitative estimate of drug-likeness (QED) is 0.357. The molecule has 3 amide bonds. The molecule has 1 aliphatic carbocycles. The first-order valence-corrected chi connectivity index (χ1v) is 9.62. The highest BCUT2D eigenvalue weighted by molar-refractivity contribution is 6.14. The number of aromatic nitrogens is 4. The van der Waals surface area contributed by atoms with Crippen molar-refractivity contribution in [2.45, 2.75) is 39.3 Å². The van der Waals surface area contributed by atoms with E-state index in [1.807, 2.05) is 19.9 Å². The molecule has 4 heterocycles. The molecule has 11 nitrogen and oxygen atoms in total. The number of aryl methyl sites for hydroxylation is 2. The molecule has 0 atom stereocenters. The Labute approximate surface area is 170 Å². The number of hydrogen-bond acceptors (Lipinski definition) is 8. The average Bonchev–Trinajstić information content (AvgIpc) is 3.20. The average molecular weight is 408 g/mol. The summed E-state index contributed by atoms with van der Waals surface area (Å²) in [5.74, 6) is 2.18. The fourth-order valence-electron chi connectivity index (χ4n) is 3.25. The van der Waals surface area contributed by atoms with Gasteiger partial charge in [-0.15, -0.1) is 0 Å². The highest BCUT2D eigenvalue weighted by Gasteiger charge is 2.26. The van der Waals surface area contributed by atoms with Crippen molar-refractivity contribution in [3.63, 3.8) is 0 Å². The second kappa shape index (κ2) is 6.87. The third-order valence-corrected chi connectivity index (χ3v) is 4.91. The SMILES string of the molecule is Cc1cc(CNc2nc(NC3CC3)n3ncc(/C=C4\NC(=O)NC4=O)c3n2)c(C)o1. The van der Waals surface area contributed by atoms with Gasteiger partial charge in [-0.3, -0.25) is 10.1 Å². The van der Waals surface area contributed by atoms with E-state index in [1.165, 1.54) is 0 Å². The third-order valence-electron chi connectivity index (χ3n) is 4.91. The van der Waals surface area contributed by atoms with E-state index in [0.717, 1.165) is 29.9 Å². The first-order valence-electron chi connectivity index (χ1n) is 9.62. The maximum Gasteiger partial charge on any atom is 0.326 e. The molecule has 0 bridgehead atoms. The number of furan rings is 1. The summed E-state index contributed by atoms with van der Waals surface area (Å²) in [6.07, 6.45) is 5.28. The Morgan fingerprint density at radius 1 is 1.27 bits per heavy atom. The minimum atomic E-state index is -0.554. The smallest absolute Gasteiger partial charge is 0.326 e. The van der Waals surface area contributed by atoms with Gasteiger partial charge in [-0.05, 0) is 38.8 Å². The fourth-order valence-corrected chi connectivity index (χ4v) is 3.25. The van der Waals surface area contributed by atoms with Crippen molar-refractivity contribution in [3.05, 3.63) is 40.6 Å². The van der Waals surface area contributed by atoms with Crippen LogP contribution in [-0.2, 0) is 11.3 Å². The lowest BCUT2D eigenvalue weighted by molar-refractivity contribution is -0.115. The summed E-state index contributed by atoms with van der Waals surface area (Å²) in [5.41, 5.74) is 2.26. The second-order valence-electron chi connectivity index (χ2n) is 7.38. The van der Waals surface area contributed by atoms with Crippen LogP contribution in [0.3, 0.4) is 0 Å². The molecule has 0 spiro atoms. The Bertz CT molecular complexity index is 1200. The van der Waals surface area contributed by atoms with Gasteiger partial charge in [0.2, 0.25) is 11.9 Å². The summed E-state index contributed by atoms with van der Waals surface area (Å²) >= 11 is 0. The normalized spacial score (nSPS) is 17.5. The largest absolute Gasteiger partial charge is 0.466 e. The van der Waals surface area contributed by atoms with Crippen LogP contribution in [0.5, 0.6) is 0 Å². The predicted molar refractivity (Wildman–Crippen MR) is 108 cm³/mol. The predicted octanol–water partition coefficient (Wildman–Crippen LogP) is 1.70. The Balaban J connectivity index is 1.50. The molecular formula is C19H20N8O3. The number of urea groups is 1. The summed E-state index contributed by atoms with van der Waals surface area (Å²) in [6, 6.07) is 1.78. The van der Waals surface area contributed by atoms with Crippen LogP contribution < -0.4 is 21.3 Å². The zero-order valence-corrected chi connectivity index (χ0v) is 16.4. The maximum absolute atomic E-state index is 11.9. The van der Waals surface area contributed by atoms with E-state index in [0.29, 0.717) is 35.7 Å². The molecule has 1 saturated heterocycles.